The second-order valence-electron chi connectivity index (χ2n) is 6.59. The molecule has 0 bridgehead atoms. The fourth-order valence-corrected chi connectivity index (χ4v) is 3.39. The fourth-order valence-electron chi connectivity index (χ4n) is 2.84. The molecule has 6 heteroatoms. The molecule has 1 aliphatic rings. The van der Waals surface area contributed by atoms with Gasteiger partial charge in [0.2, 0.25) is 0 Å². The number of carbonyl (C=O) groups excluding carboxylic acids is 1. The van der Waals surface area contributed by atoms with Crippen molar-refractivity contribution in [2.45, 2.75) is 52.4 Å². The number of amides is 2. The Bertz CT molecular complexity index is 426. The third-order valence-electron chi connectivity index (χ3n) is 4.38. The van der Waals surface area contributed by atoms with Gasteiger partial charge in [-0.15, -0.1) is 0 Å². The number of carbonyl (C=O) groups is 1. The van der Waals surface area contributed by atoms with Gasteiger partial charge in [-0.1, -0.05) is 32.6 Å². The van der Waals surface area contributed by atoms with Gasteiger partial charge >= 0.3 is 6.03 Å². The number of urea groups is 1. The van der Waals surface area contributed by atoms with Crippen LogP contribution in [0.5, 0.6) is 0 Å². The molecule has 1 N–H and O–H groups in total. The van der Waals surface area contributed by atoms with Crippen molar-refractivity contribution in [3.8, 4) is 0 Å². The van der Waals surface area contributed by atoms with Crippen LogP contribution < -0.4 is 5.32 Å². The quantitative estimate of drug-likeness (QED) is 0.765. The number of hydrogen-bond acceptors (Lipinski definition) is 3. The van der Waals surface area contributed by atoms with Gasteiger partial charge in [-0.05, 0) is 25.2 Å². The molecule has 5 nitrogen and oxygen atoms in total. The molecule has 0 aliphatic heterocycles. The van der Waals surface area contributed by atoms with Crippen LogP contribution in [-0.4, -0.2) is 51.0 Å². The van der Waals surface area contributed by atoms with Gasteiger partial charge in [0.1, 0.15) is 9.84 Å². The number of rotatable bonds is 6. The largest absolute Gasteiger partial charge is 0.337 e. The summed E-state index contributed by atoms with van der Waals surface area (Å²) in [6.45, 7) is 5.58. The molecule has 0 radical (unpaired) electrons. The number of hydrogen-bond donors (Lipinski definition) is 1. The van der Waals surface area contributed by atoms with E-state index in [2.05, 4.69) is 12.2 Å². The van der Waals surface area contributed by atoms with Crippen LogP contribution in [0.1, 0.15) is 52.4 Å². The summed E-state index contributed by atoms with van der Waals surface area (Å²) in [6, 6.07) is -0.147. The predicted octanol–water partition coefficient (Wildman–Crippen LogP) is 2.42. The number of sulfone groups is 1. The molecule has 0 unspecified atom stereocenters. The molecule has 0 aromatic heterocycles. The van der Waals surface area contributed by atoms with Gasteiger partial charge < -0.3 is 10.2 Å². The van der Waals surface area contributed by atoms with Gasteiger partial charge in [0.15, 0.2) is 0 Å². The summed E-state index contributed by atoms with van der Waals surface area (Å²) >= 11 is 0. The second-order valence-corrected chi connectivity index (χ2v) is 8.85. The maximum atomic E-state index is 12.2. The molecule has 1 aliphatic carbocycles. The Balaban J connectivity index is 2.46. The Morgan fingerprint density at radius 2 is 1.76 bits per heavy atom. The highest BCUT2D eigenvalue weighted by Crippen LogP contribution is 2.33. The summed E-state index contributed by atoms with van der Waals surface area (Å²) in [5, 5.41) is 3.00. The molecule has 0 atom stereocenters. The summed E-state index contributed by atoms with van der Waals surface area (Å²) in [4.78, 5) is 13.8. The lowest BCUT2D eigenvalue weighted by Gasteiger charge is -2.30. The molecule has 0 aromatic carbocycles. The average molecular weight is 318 g/mol. The molecule has 0 spiro atoms. The zero-order valence-corrected chi connectivity index (χ0v) is 14.5. The Morgan fingerprint density at radius 1 is 1.19 bits per heavy atom. The highest BCUT2D eigenvalue weighted by atomic mass is 32.2. The zero-order valence-electron chi connectivity index (χ0n) is 13.7. The van der Waals surface area contributed by atoms with Gasteiger partial charge in [-0.3, -0.25) is 0 Å². The SMILES string of the molecule is CCN(CCS(C)(=O)=O)C(=O)NCC1(C)CCCCCC1. The van der Waals surface area contributed by atoms with E-state index in [-0.39, 0.29) is 23.7 Å². The third-order valence-corrected chi connectivity index (χ3v) is 5.30. The minimum Gasteiger partial charge on any atom is -0.337 e. The Kier molecular flexibility index (Phi) is 6.97. The maximum Gasteiger partial charge on any atom is 0.317 e. The van der Waals surface area contributed by atoms with Crippen LogP contribution in [0.25, 0.3) is 0 Å². The summed E-state index contributed by atoms with van der Waals surface area (Å²) < 4.78 is 22.4. The van der Waals surface area contributed by atoms with Crippen molar-refractivity contribution >= 4 is 15.9 Å². The lowest BCUT2D eigenvalue weighted by Crippen LogP contribution is -2.45. The number of nitrogens with zero attached hydrogens (tertiary/aromatic N) is 1. The van der Waals surface area contributed by atoms with E-state index >= 15 is 0 Å². The van der Waals surface area contributed by atoms with E-state index in [9.17, 15) is 13.2 Å². The first-order valence-electron chi connectivity index (χ1n) is 7.96. The molecule has 1 saturated carbocycles. The Labute approximate surface area is 129 Å². The lowest BCUT2D eigenvalue weighted by atomic mass is 9.82. The van der Waals surface area contributed by atoms with E-state index < -0.39 is 9.84 Å². The van der Waals surface area contributed by atoms with E-state index in [4.69, 9.17) is 0 Å². The average Bonchev–Trinajstić information content (AvgIpc) is 2.61. The van der Waals surface area contributed by atoms with Crippen molar-refractivity contribution in [2.75, 3.05) is 31.6 Å². The third kappa shape index (κ3) is 7.16. The predicted molar refractivity (Wildman–Crippen MR) is 86.2 cm³/mol. The van der Waals surface area contributed by atoms with Crippen molar-refractivity contribution in [2.24, 2.45) is 5.41 Å². The lowest BCUT2D eigenvalue weighted by molar-refractivity contribution is 0.191. The molecule has 1 fully saturated rings. The molecule has 1 rings (SSSR count). The molecule has 2 amide bonds. The maximum absolute atomic E-state index is 12.2. The van der Waals surface area contributed by atoms with Crippen LogP contribution in [0.3, 0.4) is 0 Å². The molecule has 21 heavy (non-hydrogen) atoms. The molecule has 0 aromatic rings. The van der Waals surface area contributed by atoms with Crippen molar-refractivity contribution in [1.29, 1.82) is 0 Å². The standard InChI is InChI=1S/C15H30N2O3S/c1-4-17(11-12-21(3,19)20)14(18)16-13-15(2)9-7-5-6-8-10-15/h4-13H2,1-3H3,(H,16,18). The highest BCUT2D eigenvalue weighted by Gasteiger charge is 2.26. The van der Waals surface area contributed by atoms with Crippen LogP contribution in [0.4, 0.5) is 4.79 Å². The van der Waals surface area contributed by atoms with E-state index in [0.29, 0.717) is 13.1 Å². The first-order valence-corrected chi connectivity index (χ1v) is 10.0. The van der Waals surface area contributed by atoms with Crippen LogP contribution >= 0.6 is 0 Å². The molecule has 0 saturated heterocycles. The van der Waals surface area contributed by atoms with Crippen molar-refractivity contribution in [3.05, 3.63) is 0 Å². The number of nitrogens with one attached hydrogen (secondary N) is 1. The van der Waals surface area contributed by atoms with Crippen LogP contribution in [0.2, 0.25) is 0 Å². The van der Waals surface area contributed by atoms with Gasteiger partial charge in [-0.25, -0.2) is 13.2 Å². The molecule has 0 heterocycles. The summed E-state index contributed by atoms with van der Waals surface area (Å²) in [5.41, 5.74) is 0.183. The van der Waals surface area contributed by atoms with Crippen molar-refractivity contribution < 1.29 is 13.2 Å². The van der Waals surface area contributed by atoms with Gasteiger partial charge in [-0.2, -0.15) is 0 Å². The van der Waals surface area contributed by atoms with Gasteiger partial charge in [0, 0.05) is 25.9 Å². The van der Waals surface area contributed by atoms with E-state index in [0.717, 1.165) is 12.8 Å². The smallest absolute Gasteiger partial charge is 0.317 e. The van der Waals surface area contributed by atoms with Crippen LogP contribution in [-0.2, 0) is 9.84 Å². The van der Waals surface area contributed by atoms with Crippen molar-refractivity contribution in [3.63, 3.8) is 0 Å². The Morgan fingerprint density at radius 3 is 2.24 bits per heavy atom. The zero-order chi connectivity index (χ0) is 15.9. The summed E-state index contributed by atoms with van der Waals surface area (Å²) in [6.07, 6.45) is 8.56. The normalized spacial score (nSPS) is 18.8. The minimum absolute atomic E-state index is 0.0194. The highest BCUT2D eigenvalue weighted by molar-refractivity contribution is 7.90. The van der Waals surface area contributed by atoms with Crippen molar-refractivity contribution in [1.82, 2.24) is 10.2 Å². The monoisotopic (exact) mass is 318 g/mol. The first kappa shape index (κ1) is 18.3. The van der Waals surface area contributed by atoms with Crippen LogP contribution in [0, 0.1) is 5.41 Å². The second kappa shape index (κ2) is 8.01. The van der Waals surface area contributed by atoms with E-state index in [1.54, 1.807) is 4.90 Å². The summed E-state index contributed by atoms with van der Waals surface area (Å²) in [7, 11) is -3.04. The molecule has 124 valence electrons. The van der Waals surface area contributed by atoms with E-state index in [1.807, 2.05) is 6.92 Å². The van der Waals surface area contributed by atoms with Crippen LogP contribution in [0.15, 0.2) is 0 Å². The molecular weight excluding hydrogens is 288 g/mol. The topological polar surface area (TPSA) is 66.5 Å². The minimum atomic E-state index is -3.04. The van der Waals surface area contributed by atoms with Gasteiger partial charge in [0.25, 0.3) is 0 Å². The first-order chi connectivity index (χ1) is 9.76. The summed E-state index contributed by atoms with van der Waals surface area (Å²) in [5.74, 6) is 0.0194. The fraction of sp³-hybridized carbons (Fsp3) is 0.933. The Hall–Kier alpha value is -0.780. The molecular formula is C15H30N2O3S. The van der Waals surface area contributed by atoms with E-state index in [1.165, 1.54) is 31.9 Å². The van der Waals surface area contributed by atoms with Gasteiger partial charge in [0.05, 0.1) is 5.75 Å².